The smallest absolute Gasteiger partial charge is 0.411 e. The largest absolute Gasteiger partial charge is 0.479 e. The molecule has 0 bridgehead atoms. The molecule has 1 fully saturated rings. The first kappa shape index (κ1) is 13.5. The molecule has 0 radical (unpaired) electrons. The molecule has 17 heavy (non-hydrogen) atoms. The summed E-state index contributed by atoms with van der Waals surface area (Å²) in [5.41, 5.74) is -2.22. The van der Waals surface area contributed by atoms with E-state index in [0.29, 0.717) is 0 Å². The highest BCUT2D eigenvalue weighted by Crippen LogP contribution is 2.28. The first-order valence-electron chi connectivity index (χ1n) is 5.32. The summed E-state index contributed by atoms with van der Waals surface area (Å²) in [4.78, 5) is 35.3. The maximum atomic E-state index is 11.8. The molecule has 0 saturated carbocycles. The summed E-state index contributed by atoms with van der Waals surface area (Å²) in [5.74, 6) is -1.48. The lowest BCUT2D eigenvalue weighted by molar-refractivity contribution is -0.148. The zero-order valence-corrected chi connectivity index (χ0v) is 10.4. The van der Waals surface area contributed by atoms with Gasteiger partial charge < -0.3 is 9.84 Å². The Morgan fingerprint density at radius 3 is 2.35 bits per heavy atom. The van der Waals surface area contributed by atoms with E-state index in [2.05, 4.69) is 0 Å². The van der Waals surface area contributed by atoms with E-state index in [4.69, 9.17) is 9.84 Å². The summed E-state index contributed by atoms with van der Waals surface area (Å²) in [6.07, 6.45) is -0.949. The predicted octanol–water partition coefficient (Wildman–Crippen LogP) is 1.04. The minimum atomic E-state index is -1.50. The number of hydrogen-bond donors (Lipinski definition) is 1. The van der Waals surface area contributed by atoms with Crippen LogP contribution < -0.4 is 0 Å². The van der Waals surface area contributed by atoms with E-state index in [9.17, 15) is 14.4 Å². The molecule has 0 spiro atoms. The lowest BCUT2D eigenvalue weighted by atomic mass is 9.99. The number of likely N-dealkylation sites (tertiary alicyclic amines) is 1. The normalized spacial score (nSPS) is 24.9. The summed E-state index contributed by atoms with van der Waals surface area (Å²) in [5, 5.41) is 9.11. The highest BCUT2D eigenvalue weighted by atomic mass is 16.6. The Morgan fingerprint density at radius 2 is 1.94 bits per heavy atom. The number of carboxylic acid groups (broad SMARTS) is 1. The van der Waals surface area contributed by atoms with Gasteiger partial charge >= 0.3 is 12.1 Å². The second kappa shape index (κ2) is 4.01. The summed E-state index contributed by atoms with van der Waals surface area (Å²) >= 11 is 0. The van der Waals surface area contributed by atoms with E-state index in [0.717, 1.165) is 4.90 Å². The first-order chi connectivity index (χ1) is 7.56. The quantitative estimate of drug-likeness (QED) is 0.743. The van der Waals surface area contributed by atoms with E-state index >= 15 is 0 Å². The van der Waals surface area contributed by atoms with Crippen LogP contribution in [0.15, 0.2) is 0 Å². The second-order valence-electron chi connectivity index (χ2n) is 5.36. The standard InChI is InChI=1S/C11H17NO5/c1-10(2,3)17-9(16)12-6-7(13)5-11(12,4)8(14)15/h5-6H2,1-4H3,(H,14,15)/t11-/m1/s1. The molecule has 1 aliphatic rings. The molecule has 1 amide bonds. The molecule has 0 aromatic rings. The number of amides is 1. The molecule has 1 N–H and O–H groups in total. The van der Waals surface area contributed by atoms with Crippen LogP contribution in [0.4, 0.5) is 4.79 Å². The Hall–Kier alpha value is -1.59. The molecule has 6 heteroatoms. The van der Waals surface area contributed by atoms with Gasteiger partial charge in [-0.3, -0.25) is 9.69 Å². The van der Waals surface area contributed by atoms with E-state index in [1.165, 1.54) is 6.92 Å². The number of carbonyl (C=O) groups excluding carboxylic acids is 2. The highest BCUT2D eigenvalue weighted by molar-refractivity contribution is 5.98. The number of aliphatic carboxylic acids is 1. The number of carbonyl (C=O) groups is 3. The van der Waals surface area contributed by atoms with Gasteiger partial charge in [-0.2, -0.15) is 0 Å². The Balaban J connectivity index is 2.92. The average Bonchev–Trinajstić information content (AvgIpc) is 2.40. The number of rotatable bonds is 1. The van der Waals surface area contributed by atoms with Crippen LogP contribution in [-0.2, 0) is 14.3 Å². The van der Waals surface area contributed by atoms with E-state index < -0.39 is 23.2 Å². The van der Waals surface area contributed by atoms with Crippen molar-refractivity contribution >= 4 is 17.8 Å². The fraction of sp³-hybridized carbons (Fsp3) is 0.727. The fourth-order valence-electron chi connectivity index (χ4n) is 1.66. The zero-order valence-electron chi connectivity index (χ0n) is 10.4. The van der Waals surface area contributed by atoms with Crippen LogP contribution in [0.25, 0.3) is 0 Å². The van der Waals surface area contributed by atoms with Gasteiger partial charge in [0.25, 0.3) is 0 Å². The summed E-state index contributed by atoms with van der Waals surface area (Å²) < 4.78 is 5.09. The Bertz CT molecular complexity index is 371. The molecule has 1 rings (SSSR count). The third kappa shape index (κ3) is 2.75. The molecule has 0 aromatic carbocycles. The van der Waals surface area contributed by atoms with Crippen LogP contribution in [-0.4, -0.2) is 45.5 Å². The molecule has 1 heterocycles. The van der Waals surface area contributed by atoms with Gasteiger partial charge in [-0.1, -0.05) is 0 Å². The molecule has 0 aromatic heterocycles. The Labute approximate surface area is 99.5 Å². The van der Waals surface area contributed by atoms with Crippen LogP contribution >= 0.6 is 0 Å². The minimum absolute atomic E-state index is 0.179. The molecular weight excluding hydrogens is 226 g/mol. The SMILES string of the molecule is CC(C)(C)OC(=O)N1CC(=O)C[C@]1(C)C(=O)O. The van der Waals surface area contributed by atoms with Crippen molar-refractivity contribution in [3.63, 3.8) is 0 Å². The lowest BCUT2D eigenvalue weighted by Gasteiger charge is -2.32. The molecule has 96 valence electrons. The number of Topliss-reactive ketones (excluding diaryl/α,β-unsaturated/α-hetero) is 1. The number of ether oxygens (including phenoxy) is 1. The zero-order chi connectivity index (χ0) is 13.4. The monoisotopic (exact) mass is 243 g/mol. The molecular formula is C11H17NO5. The van der Waals surface area contributed by atoms with Gasteiger partial charge in [0.1, 0.15) is 11.1 Å². The Morgan fingerprint density at radius 1 is 1.41 bits per heavy atom. The van der Waals surface area contributed by atoms with Crippen molar-refractivity contribution < 1.29 is 24.2 Å². The number of nitrogens with zero attached hydrogens (tertiary/aromatic N) is 1. The van der Waals surface area contributed by atoms with Crippen molar-refractivity contribution in [1.82, 2.24) is 4.90 Å². The van der Waals surface area contributed by atoms with E-state index in [-0.39, 0.29) is 18.7 Å². The van der Waals surface area contributed by atoms with Crippen molar-refractivity contribution in [3.05, 3.63) is 0 Å². The third-order valence-corrected chi connectivity index (χ3v) is 2.55. The summed E-state index contributed by atoms with van der Waals surface area (Å²) in [6, 6.07) is 0. The predicted molar refractivity (Wildman–Crippen MR) is 58.6 cm³/mol. The average molecular weight is 243 g/mol. The van der Waals surface area contributed by atoms with E-state index in [1.54, 1.807) is 20.8 Å². The lowest BCUT2D eigenvalue weighted by Crippen LogP contribution is -2.52. The van der Waals surface area contributed by atoms with Gasteiger partial charge in [-0.05, 0) is 27.7 Å². The summed E-state index contributed by atoms with van der Waals surface area (Å²) in [7, 11) is 0. The molecule has 1 atom stereocenters. The van der Waals surface area contributed by atoms with Gasteiger partial charge in [0.15, 0.2) is 5.78 Å². The van der Waals surface area contributed by atoms with Gasteiger partial charge in [0.2, 0.25) is 0 Å². The molecule has 0 unspecified atom stereocenters. The van der Waals surface area contributed by atoms with Crippen molar-refractivity contribution in [2.24, 2.45) is 0 Å². The van der Waals surface area contributed by atoms with Gasteiger partial charge in [0.05, 0.1) is 6.54 Å². The van der Waals surface area contributed by atoms with Crippen molar-refractivity contribution in [3.8, 4) is 0 Å². The van der Waals surface area contributed by atoms with Gasteiger partial charge in [-0.15, -0.1) is 0 Å². The maximum Gasteiger partial charge on any atom is 0.411 e. The molecule has 0 aliphatic carbocycles. The highest BCUT2D eigenvalue weighted by Gasteiger charge is 2.51. The van der Waals surface area contributed by atoms with Crippen molar-refractivity contribution in [1.29, 1.82) is 0 Å². The number of carboxylic acids is 1. The van der Waals surface area contributed by atoms with Crippen LogP contribution in [0, 0.1) is 0 Å². The van der Waals surface area contributed by atoms with E-state index in [1.807, 2.05) is 0 Å². The van der Waals surface area contributed by atoms with Crippen molar-refractivity contribution in [2.45, 2.75) is 45.3 Å². The maximum absolute atomic E-state index is 11.8. The number of ketones is 1. The number of hydrogen-bond acceptors (Lipinski definition) is 4. The van der Waals surface area contributed by atoms with Gasteiger partial charge in [-0.25, -0.2) is 9.59 Å². The fourth-order valence-corrected chi connectivity index (χ4v) is 1.66. The van der Waals surface area contributed by atoms with Gasteiger partial charge in [0, 0.05) is 6.42 Å². The summed E-state index contributed by atoms with van der Waals surface area (Å²) in [6.45, 7) is 6.19. The third-order valence-electron chi connectivity index (χ3n) is 2.55. The van der Waals surface area contributed by atoms with Crippen LogP contribution in [0.3, 0.4) is 0 Å². The van der Waals surface area contributed by atoms with Crippen LogP contribution in [0.1, 0.15) is 34.1 Å². The van der Waals surface area contributed by atoms with Crippen LogP contribution in [0.5, 0.6) is 0 Å². The van der Waals surface area contributed by atoms with Crippen LogP contribution in [0.2, 0.25) is 0 Å². The minimum Gasteiger partial charge on any atom is -0.479 e. The topological polar surface area (TPSA) is 83.9 Å². The Kier molecular flexibility index (Phi) is 3.18. The molecule has 1 aliphatic heterocycles. The molecule has 6 nitrogen and oxygen atoms in total. The van der Waals surface area contributed by atoms with Crippen molar-refractivity contribution in [2.75, 3.05) is 6.54 Å². The second-order valence-corrected chi connectivity index (χ2v) is 5.36. The first-order valence-corrected chi connectivity index (χ1v) is 5.32. The molecule has 1 saturated heterocycles.